The standard InChI is InChI=1S/C17H17N5O3S2/c1-2-25-15(24)11-8-12(10-6-4-3-5-7-10)27-14(11)19-13(23)9-26-17-20-16(18)21-22-17/h3-8H,2,9H2,1H3,(H,19,23)(H3,18,20,21,22). The first kappa shape index (κ1) is 18.9. The van der Waals surface area contributed by atoms with Gasteiger partial charge in [0.1, 0.15) is 5.00 Å². The van der Waals surface area contributed by atoms with E-state index in [2.05, 4.69) is 20.5 Å². The van der Waals surface area contributed by atoms with Gasteiger partial charge in [-0.05, 0) is 18.6 Å². The maximum atomic E-state index is 12.3. The molecule has 0 saturated carbocycles. The van der Waals surface area contributed by atoms with Crippen LogP contribution in [-0.4, -0.2) is 39.4 Å². The van der Waals surface area contributed by atoms with Crippen molar-refractivity contribution in [1.29, 1.82) is 0 Å². The van der Waals surface area contributed by atoms with Gasteiger partial charge in [0.2, 0.25) is 17.0 Å². The second-order valence-corrected chi connectivity index (χ2v) is 7.27. The summed E-state index contributed by atoms with van der Waals surface area (Å²) in [5.41, 5.74) is 6.75. The van der Waals surface area contributed by atoms with Crippen molar-refractivity contribution in [2.24, 2.45) is 0 Å². The summed E-state index contributed by atoms with van der Waals surface area (Å²) in [7, 11) is 0. The number of aromatic nitrogens is 3. The van der Waals surface area contributed by atoms with Gasteiger partial charge in [-0.15, -0.1) is 16.4 Å². The van der Waals surface area contributed by atoms with E-state index in [1.54, 1.807) is 13.0 Å². The highest BCUT2D eigenvalue weighted by Crippen LogP contribution is 2.36. The number of H-pyrrole nitrogens is 1. The van der Waals surface area contributed by atoms with Gasteiger partial charge < -0.3 is 15.8 Å². The van der Waals surface area contributed by atoms with E-state index in [0.717, 1.165) is 22.2 Å². The Morgan fingerprint density at radius 2 is 2.11 bits per heavy atom. The summed E-state index contributed by atoms with van der Waals surface area (Å²) in [5.74, 6) is -0.484. The molecule has 27 heavy (non-hydrogen) atoms. The number of ether oxygens (including phenoxy) is 1. The number of hydrogen-bond donors (Lipinski definition) is 3. The number of aromatic amines is 1. The minimum atomic E-state index is -0.472. The number of anilines is 2. The molecule has 0 radical (unpaired) electrons. The number of thioether (sulfide) groups is 1. The smallest absolute Gasteiger partial charge is 0.341 e. The van der Waals surface area contributed by atoms with Gasteiger partial charge in [-0.3, -0.25) is 4.79 Å². The molecule has 0 saturated heterocycles. The molecule has 0 spiro atoms. The molecule has 0 aliphatic rings. The molecule has 0 unspecified atom stereocenters. The van der Waals surface area contributed by atoms with E-state index >= 15 is 0 Å². The molecule has 0 atom stereocenters. The summed E-state index contributed by atoms with van der Waals surface area (Å²) < 4.78 is 5.10. The number of nitrogen functional groups attached to an aromatic ring is 1. The lowest BCUT2D eigenvalue weighted by Gasteiger charge is -2.05. The van der Waals surface area contributed by atoms with Crippen molar-refractivity contribution in [1.82, 2.24) is 15.2 Å². The summed E-state index contributed by atoms with van der Waals surface area (Å²) in [6, 6.07) is 11.4. The zero-order valence-electron chi connectivity index (χ0n) is 14.4. The summed E-state index contributed by atoms with van der Waals surface area (Å²) in [5, 5.41) is 9.97. The minimum absolute atomic E-state index is 0.0815. The molecule has 2 aromatic heterocycles. The highest BCUT2D eigenvalue weighted by molar-refractivity contribution is 7.99. The molecule has 1 aromatic carbocycles. The van der Waals surface area contributed by atoms with E-state index in [1.165, 1.54) is 11.3 Å². The number of hydrogen-bond acceptors (Lipinski definition) is 8. The molecule has 1 amide bonds. The lowest BCUT2D eigenvalue weighted by atomic mass is 10.1. The molecule has 0 aliphatic heterocycles. The number of carbonyl (C=O) groups excluding carboxylic acids is 2. The first-order valence-electron chi connectivity index (χ1n) is 8.03. The van der Waals surface area contributed by atoms with Gasteiger partial charge in [-0.2, -0.15) is 4.98 Å². The number of rotatable bonds is 7. The number of esters is 1. The number of thiophene rings is 1. The summed E-state index contributed by atoms with van der Waals surface area (Å²) in [4.78, 5) is 29.4. The van der Waals surface area contributed by atoms with Gasteiger partial charge in [0.15, 0.2) is 0 Å². The third-order valence-electron chi connectivity index (χ3n) is 3.35. The first-order valence-corrected chi connectivity index (χ1v) is 9.84. The molecule has 2 heterocycles. The fourth-order valence-electron chi connectivity index (χ4n) is 2.20. The van der Waals surface area contributed by atoms with Gasteiger partial charge in [0.25, 0.3) is 0 Å². The van der Waals surface area contributed by atoms with Gasteiger partial charge in [-0.25, -0.2) is 9.89 Å². The number of carbonyl (C=O) groups is 2. The van der Waals surface area contributed by atoms with Crippen molar-refractivity contribution >= 4 is 45.9 Å². The van der Waals surface area contributed by atoms with E-state index in [1.807, 2.05) is 30.3 Å². The maximum absolute atomic E-state index is 12.3. The van der Waals surface area contributed by atoms with E-state index < -0.39 is 5.97 Å². The second-order valence-electron chi connectivity index (χ2n) is 5.28. The quantitative estimate of drug-likeness (QED) is 0.409. The summed E-state index contributed by atoms with van der Waals surface area (Å²) >= 11 is 2.46. The van der Waals surface area contributed by atoms with E-state index in [9.17, 15) is 9.59 Å². The highest BCUT2D eigenvalue weighted by atomic mass is 32.2. The number of amides is 1. The Morgan fingerprint density at radius 3 is 2.78 bits per heavy atom. The predicted octanol–water partition coefficient (Wildman–Crippen LogP) is 3.02. The molecule has 3 rings (SSSR count). The number of nitrogens with zero attached hydrogens (tertiary/aromatic N) is 2. The molecule has 0 fully saturated rings. The lowest BCUT2D eigenvalue weighted by Crippen LogP contribution is -2.16. The molecule has 4 N–H and O–H groups in total. The van der Waals surface area contributed by atoms with Crippen LogP contribution in [0, 0.1) is 0 Å². The molecule has 3 aromatic rings. The van der Waals surface area contributed by atoms with Crippen molar-refractivity contribution in [3.8, 4) is 10.4 Å². The van der Waals surface area contributed by atoms with Crippen LogP contribution in [-0.2, 0) is 9.53 Å². The number of benzene rings is 1. The normalized spacial score (nSPS) is 10.6. The minimum Gasteiger partial charge on any atom is -0.462 e. The average Bonchev–Trinajstić information content (AvgIpc) is 3.27. The molecular formula is C17H17N5O3S2. The van der Waals surface area contributed by atoms with Crippen molar-refractivity contribution in [3.63, 3.8) is 0 Å². The third-order valence-corrected chi connectivity index (χ3v) is 5.30. The highest BCUT2D eigenvalue weighted by Gasteiger charge is 2.20. The van der Waals surface area contributed by atoms with Gasteiger partial charge >= 0.3 is 5.97 Å². The fraction of sp³-hybridized carbons (Fsp3) is 0.176. The van der Waals surface area contributed by atoms with Crippen LogP contribution in [0.15, 0.2) is 41.6 Å². The molecule has 140 valence electrons. The fourth-order valence-corrected chi connectivity index (χ4v) is 3.88. The van der Waals surface area contributed by atoms with E-state index in [0.29, 0.717) is 15.7 Å². The van der Waals surface area contributed by atoms with Crippen molar-refractivity contribution in [2.75, 3.05) is 23.4 Å². The monoisotopic (exact) mass is 403 g/mol. The Labute approximate surface area is 163 Å². The van der Waals surface area contributed by atoms with Crippen LogP contribution in [0.5, 0.6) is 0 Å². The summed E-state index contributed by atoms with van der Waals surface area (Å²) in [6.07, 6.45) is 0. The zero-order valence-corrected chi connectivity index (χ0v) is 16.0. The van der Waals surface area contributed by atoms with Crippen LogP contribution in [0.25, 0.3) is 10.4 Å². The van der Waals surface area contributed by atoms with Gasteiger partial charge in [0.05, 0.1) is 17.9 Å². The van der Waals surface area contributed by atoms with Crippen molar-refractivity contribution < 1.29 is 14.3 Å². The molecule has 10 heteroatoms. The molecule has 8 nitrogen and oxygen atoms in total. The maximum Gasteiger partial charge on any atom is 0.341 e. The Kier molecular flexibility index (Phi) is 6.09. The third kappa shape index (κ3) is 4.86. The zero-order chi connectivity index (χ0) is 19.2. The van der Waals surface area contributed by atoms with Crippen LogP contribution in [0.2, 0.25) is 0 Å². The van der Waals surface area contributed by atoms with Crippen LogP contribution in [0.4, 0.5) is 10.9 Å². The lowest BCUT2D eigenvalue weighted by molar-refractivity contribution is -0.113. The van der Waals surface area contributed by atoms with Gasteiger partial charge in [-0.1, -0.05) is 42.1 Å². The molecule has 0 bridgehead atoms. The topological polar surface area (TPSA) is 123 Å². The Balaban J connectivity index is 1.76. The van der Waals surface area contributed by atoms with Crippen molar-refractivity contribution in [3.05, 3.63) is 42.0 Å². The van der Waals surface area contributed by atoms with E-state index in [4.69, 9.17) is 10.5 Å². The van der Waals surface area contributed by atoms with Crippen molar-refractivity contribution in [2.45, 2.75) is 12.1 Å². The number of nitrogens with one attached hydrogen (secondary N) is 2. The van der Waals surface area contributed by atoms with Crippen LogP contribution < -0.4 is 11.1 Å². The summed E-state index contributed by atoms with van der Waals surface area (Å²) in [6.45, 7) is 1.99. The first-order chi connectivity index (χ1) is 13.1. The predicted molar refractivity (Wildman–Crippen MR) is 106 cm³/mol. The van der Waals surface area contributed by atoms with Crippen LogP contribution >= 0.6 is 23.1 Å². The Hall–Kier alpha value is -2.85. The SMILES string of the molecule is CCOC(=O)c1cc(-c2ccccc2)sc1NC(=O)CSc1n[nH]c(N)n1. The molecule has 0 aliphatic carbocycles. The van der Waals surface area contributed by atoms with Gasteiger partial charge in [0, 0.05) is 4.88 Å². The Bertz CT molecular complexity index is 939. The largest absolute Gasteiger partial charge is 0.462 e. The van der Waals surface area contributed by atoms with Crippen LogP contribution in [0.1, 0.15) is 17.3 Å². The average molecular weight is 403 g/mol. The number of nitrogens with two attached hydrogens (primary N) is 1. The van der Waals surface area contributed by atoms with E-state index in [-0.39, 0.29) is 24.2 Å². The molecular weight excluding hydrogens is 386 g/mol. The second kappa shape index (κ2) is 8.69. The Morgan fingerprint density at radius 1 is 1.33 bits per heavy atom. The van der Waals surface area contributed by atoms with Crippen LogP contribution in [0.3, 0.4) is 0 Å².